The standard InChI is InChI=1S/C16H24O4/c1-16(2,3)11-6-8-14(19-4)12(10-11)13(17)7-9-15(18)20-5/h6,8,10,13,17H,7,9H2,1-5H3. The SMILES string of the molecule is COC(=O)CCC(O)c1cc(C(C)(C)C)ccc1OC. The highest BCUT2D eigenvalue weighted by atomic mass is 16.5. The first-order valence-electron chi connectivity index (χ1n) is 6.73. The maximum absolute atomic E-state index is 11.2. The number of esters is 1. The largest absolute Gasteiger partial charge is 0.496 e. The van der Waals surface area contributed by atoms with Crippen molar-refractivity contribution in [2.75, 3.05) is 14.2 Å². The van der Waals surface area contributed by atoms with E-state index in [0.717, 1.165) is 5.56 Å². The average Bonchev–Trinajstić information content (AvgIpc) is 2.42. The van der Waals surface area contributed by atoms with Gasteiger partial charge < -0.3 is 14.6 Å². The molecule has 1 unspecified atom stereocenters. The van der Waals surface area contributed by atoms with E-state index in [0.29, 0.717) is 17.7 Å². The van der Waals surface area contributed by atoms with E-state index in [9.17, 15) is 9.90 Å². The zero-order valence-corrected chi connectivity index (χ0v) is 12.9. The van der Waals surface area contributed by atoms with E-state index < -0.39 is 6.10 Å². The Hall–Kier alpha value is -1.55. The first-order valence-corrected chi connectivity index (χ1v) is 6.73. The number of hydrogen-bond donors (Lipinski definition) is 1. The van der Waals surface area contributed by atoms with Gasteiger partial charge in [-0.2, -0.15) is 0 Å². The molecule has 112 valence electrons. The number of rotatable bonds is 5. The van der Waals surface area contributed by atoms with Gasteiger partial charge in [0.25, 0.3) is 0 Å². The van der Waals surface area contributed by atoms with Crippen molar-refractivity contribution >= 4 is 5.97 Å². The van der Waals surface area contributed by atoms with Gasteiger partial charge in [0.1, 0.15) is 5.75 Å². The first kappa shape index (κ1) is 16.5. The van der Waals surface area contributed by atoms with Gasteiger partial charge in [0, 0.05) is 12.0 Å². The lowest BCUT2D eigenvalue weighted by atomic mass is 9.85. The van der Waals surface area contributed by atoms with E-state index in [1.807, 2.05) is 18.2 Å². The third-order valence-corrected chi connectivity index (χ3v) is 3.30. The minimum absolute atomic E-state index is 0.0108. The molecule has 4 nitrogen and oxygen atoms in total. The van der Waals surface area contributed by atoms with Gasteiger partial charge in [-0.25, -0.2) is 0 Å². The van der Waals surface area contributed by atoms with E-state index in [1.54, 1.807) is 7.11 Å². The van der Waals surface area contributed by atoms with Crippen LogP contribution in [-0.4, -0.2) is 25.3 Å². The van der Waals surface area contributed by atoms with Crippen LogP contribution in [0, 0.1) is 0 Å². The Kier molecular flexibility index (Phi) is 5.57. The van der Waals surface area contributed by atoms with Crippen LogP contribution in [0.1, 0.15) is 50.8 Å². The molecule has 0 spiro atoms. The van der Waals surface area contributed by atoms with Gasteiger partial charge in [-0.1, -0.05) is 26.8 Å². The molecule has 0 aliphatic rings. The third kappa shape index (κ3) is 4.23. The molecule has 0 bridgehead atoms. The number of benzene rings is 1. The monoisotopic (exact) mass is 280 g/mol. The van der Waals surface area contributed by atoms with Crippen LogP contribution in [0.25, 0.3) is 0 Å². The fourth-order valence-electron chi connectivity index (χ4n) is 1.97. The minimum Gasteiger partial charge on any atom is -0.496 e. The molecule has 1 rings (SSSR count). The number of carbonyl (C=O) groups is 1. The smallest absolute Gasteiger partial charge is 0.305 e. The molecule has 0 radical (unpaired) electrons. The van der Waals surface area contributed by atoms with Crippen molar-refractivity contribution in [1.82, 2.24) is 0 Å². The molecule has 0 aliphatic carbocycles. The molecule has 4 heteroatoms. The number of aliphatic hydroxyl groups is 1. The molecule has 1 aromatic rings. The van der Waals surface area contributed by atoms with Crippen molar-refractivity contribution in [1.29, 1.82) is 0 Å². The lowest BCUT2D eigenvalue weighted by Crippen LogP contribution is -2.13. The number of ether oxygens (including phenoxy) is 2. The van der Waals surface area contributed by atoms with Gasteiger partial charge in [-0.05, 0) is 29.5 Å². The molecule has 0 aliphatic heterocycles. The van der Waals surface area contributed by atoms with E-state index in [-0.39, 0.29) is 17.8 Å². The van der Waals surface area contributed by atoms with Gasteiger partial charge in [0.05, 0.1) is 20.3 Å². The summed E-state index contributed by atoms with van der Waals surface area (Å²) < 4.78 is 9.88. The average molecular weight is 280 g/mol. The summed E-state index contributed by atoms with van der Waals surface area (Å²) in [6.07, 6.45) is -0.247. The fraction of sp³-hybridized carbons (Fsp3) is 0.562. The topological polar surface area (TPSA) is 55.8 Å². The number of hydrogen-bond acceptors (Lipinski definition) is 4. The normalized spacial score (nSPS) is 12.9. The Balaban J connectivity index is 2.98. The Morgan fingerprint density at radius 3 is 2.45 bits per heavy atom. The van der Waals surface area contributed by atoms with Crippen LogP contribution in [0.15, 0.2) is 18.2 Å². The highest BCUT2D eigenvalue weighted by Crippen LogP contribution is 2.33. The summed E-state index contributed by atoms with van der Waals surface area (Å²) in [6, 6.07) is 5.80. The van der Waals surface area contributed by atoms with E-state index >= 15 is 0 Å². The number of carbonyl (C=O) groups excluding carboxylic acids is 1. The predicted octanol–water partition coefficient (Wildman–Crippen LogP) is 2.98. The Morgan fingerprint density at radius 1 is 1.30 bits per heavy atom. The van der Waals surface area contributed by atoms with E-state index in [2.05, 4.69) is 25.5 Å². The lowest BCUT2D eigenvalue weighted by molar-refractivity contribution is -0.141. The van der Waals surface area contributed by atoms with Crippen molar-refractivity contribution < 1.29 is 19.4 Å². The van der Waals surface area contributed by atoms with Crippen LogP contribution in [0.3, 0.4) is 0 Å². The summed E-state index contributed by atoms with van der Waals surface area (Å²) in [6.45, 7) is 6.33. The second kappa shape index (κ2) is 6.75. The molecule has 0 heterocycles. The summed E-state index contributed by atoms with van der Waals surface area (Å²) in [7, 11) is 2.91. The Morgan fingerprint density at radius 2 is 1.95 bits per heavy atom. The molecule has 20 heavy (non-hydrogen) atoms. The molecule has 0 saturated heterocycles. The van der Waals surface area contributed by atoms with E-state index in [1.165, 1.54) is 7.11 Å². The van der Waals surface area contributed by atoms with Crippen LogP contribution in [0.4, 0.5) is 0 Å². The molecule has 0 amide bonds. The molecule has 1 aromatic carbocycles. The van der Waals surface area contributed by atoms with Gasteiger partial charge in [-0.15, -0.1) is 0 Å². The highest BCUT2D eigenvalue weighted by molar-refractivity contribution is 5.69. The lowest BCUT2D eigenvalue weighted by Gasteiger charge is -2.22. The zero-order chi connectivity index (χ0) is 15.3. The fourth-order valence-corrected chi connectivity index (χ4v) is 1.97. The highest BCUT2D eigenvalue weighted by Gasteiger charge is 2.20. The van der Waals surface area contributed by atoms with Crippen molar-refractivity contribution in [3.05, 3.63) is 29.3 Å². The Bertz CT molecular complexity index is 460. The maximum Gasteiger partial charge on any atom is 0.305 e. The molecule has 0 aromatic heterocycles. The molecule has 0 saturated carbocycles. The summed E-state index contributed by atoms with van der Waals surface area (Å²) in [5, 5.41) is 10.3. The summed E-state index contributed by atoms with van der Waals surface area (Å²) >= 11 is 0. The first-order chi connectivity index (χ1) is 9.29. The maximum atomic E-state index is 11.2. The van der Waals surface area contributed by atoms with Crippen LogP contribution in [-0.2, 0) is 14.9 Å². The molecule has 0 fully saturated rings. The Labute approximate surface area is 120 Å². The van der Waals surface area contributed by atoms with Crippen LogP contribution < -0.4 is 4.74 Å². The van der Waals surface area contributed by atoms with Gasteiger partial charge in [0.2, 0.25) is 0 Å². The summed E-state index contributed by atoms with van der Waals surface area (Å²) in [5.41, 5.74) is 1.82. The molecule has 1 N–H and O–H groups in total. The van der Waals surface area contributed by atoms with Crippen molar-refractivity contribution in [3.8, 4) is 5.75 Å². The second-order valence-electron chi connectivity index (χ2n) is 5.84. The van der Waals surface area contributed by atoms with E-state index in [4.69, 9.17) is 4.74 Å². The van der Waals surface area contributed by atoms with Crippen LogP contribution in [0.2, 0.25) is 0 Å². The zero-order valence-electron chi connectivity index (χ0n) is 12.9. The van der Waals surface area contributed by atoms with Gasteiger partial charge >= 0.3 is 5.97 Å². The van der Waals surface area contributed by atoms with Crippen molar-refractivity contribution in [2.24, 2.45) is 0 Å². The van der Waals surface area contributed by atoms with Gasteiger partial charge in [-0.3, -0.25) is 4.79 Å². The minimum atomic E-state index is -0.744. The quantitative estimate of drug-likeness (QED) is 0.842. The van der Waals surface area contributed by atoms with Crippen molar-refractivity contribution in [2.45, 2.75) is 45.1 Å². The van der Waals surface area contributed by atoms with Gasteiger partial charge in [0.15, 0.2) is 0 Å². The molecular weight excluding hydrogens is 256 g/mol. The predicted molar refractivity (Wildman–Crippen MR) is 77.9 cm³/mol. The number of aliphatic hydroxyl groups excluding tert-OH is 1. The number of methoxy groups -OCH3 is 2. The van der Waals surface area contributed by atoms with Crippen LogP contribution >= 0.6 is 0 Å². The van der Waals surface area contributed by atoms with Crippen molar-refractivity contribution in [3.63, 3.8) is 0 Å². The molecular formula is C16H24O4. The third-order valence-electron chi connectivity index (χ3n) is 3.30. The summed E-state index contributed by atoms with van der Waals surface area (Å²) in [5.74, 6) is 0.311. The van der Waals surface area contributed by atoms with Crippen LogP contribution in [0.5, 0.6) is 5.75 Å². The summed E-state index contributed by atoms with van der Waals surface area (Å²) in [4.78, 5) is 11.2. The molecule has 1 atom stereocenters. The second-order valence-corrected chi connectivity index (χ2v) is 5.84.